The highest BCUT2D eigenvalue weighted by Gasteiger charge is 2.31. The van der Waals surface area contributed by atoms with E-state index in [0.717, 1.165) is 30.8 Å². The lowest BCUT2D eigenvalue weighted by Gasteiger charge is -2.33. The Labute approximate surface area is 109 Å². The topological polar surface area (TPSA) is 49.3 Å². The average molecular weight is 275 g/mol. The van der Waals surface area contributed by atoms with Crippen molar-refractivity contribution in [3.63, 3.8) is 0 Å². The van der Waals surface area contributed by atoms with Crippen molar-refractivity contribution in [2.45, 2.75) is 19.0 Å². The van der Waals surface area contributed by atoms with Crippen LogP contribution in [-0.4, -0.2) is 24.7 Å². The summed E-state index contributed by atoms with van der Waals surface area (Å²) in [6.07, 6.45) is -4.24. The third-order valence-electron chi connectivity index (χ3n) is 3.28. The maximum absolute atomic E-state index is 12.3. The largest absolute Gasteiger partial charge is 0.483 e. The highest BCUT2D eigenvalue weighted by Crippen LogP contribution is 2.32. The van der Waals surface area contributed by atoms with Gasteiger partial charge in [0, 0.05) is 0 Å². The molecule has 19 heavy (non-hydrogen) atoms. The lowest BCUT2D eigenvalue weighted by molar-refractivity contribution is -0.137. The molecule has 1 unspecified atom stereocenters. The predicted molar refractivity (Wildman–Crippen MR) is 64.9 cm³/mol. The number of carbonyl (C=O) groups is 1. The molecule has 1 aromatic carbocycles. The summed E-state index contributed by atoms with van der Waals surface area (Å²) in [5, 5.41) is 10.1. The molecule has 106 valence electrons. The Morgan fingerprint density at radius 3 is 2.11 bits per heavy atom. The normalized spacial score (nSPS) is 16.8. The first-order chi connectivity index (χ1) is 8.90. The number of nitrogens with one attached hydrogen (secondary N) is 1. The van der Waals surface area contributed by atoms with Gasteiger partial charge in [-0.15, -0.1) is 0 Å². The number of carboxylic acid groups (broad SMARTS) is 1. The molecule has 1 heterocycles. The first kappa shape index (κ1) is 15.5. The predicted octanol–water partition coefficient (Wildman–Crippen LogP) is 2.73. The molecule has 2 rings (SSSR count). The molecule has 1 aliphatic heterocycles. The van der Waals surface area contributed by atoms with E-state index >= 15 is 0 Å². The molecule has 1 aliphatic rings. The van der Waals surface area contributed by atoms with Gasteiger partial charge in [0.1, 0.15) is 0 Å². The summed E-state index contributed by atoms with van der Waals surface area (Å²) in [5.74, 6) is 0.875. The second-order valence-corrected chi connectivity index (χ2v) is 4.43. The lowest BCUT2D eigenvalue weighted by Crippen LogP contribution is -2.44. The minimum atomic E-state index is -4.24. The van der Waals surface area contributed by atoms with Crippen molar-refractivity contribution in [2.24, 2.45) is 5.92 Å². The Hall–Kier alpha value is -1.56. The Kier molecular flexibility index (Phi) is 5.35. The number of hydrogen-bond acceptors (Lipinski definition) is 2. The molecule has 1 atom stereocenters. The molecule has 3 nitrogen and oxygen atoms in total. The summed E-state index contributed by atoms with van der Waals surface area (Å²) >= 11 is 0. The van der Waals surface area contributed by atoms with Gasteiger partial charge >= 0.3 is 6.18 Å². The number of hydrogen-bond donors (Lipinski definition) is 2. The highest BCUT2D eigenvalue weighted by molar-refractivity contribution is 5.32. The zero-order valence-corrected chi connectivity index (χ0v) is 10.4. The van der Waals surface area contributed by atoms with E-state index in [1.807, 2.05) is 0 Å². The molecule has 1 fully saturated rings. The van der Waals surface area contributed by atoms with E-state index < -0.39 is 11.7 Å². The van der Waals surface area contributed by atoms with Crippen molar-refractivity contribution < 1.29 is 23.1 Å². The van der Waals surface area contributed by atoms with Gasteiger partial charge in [-0.1, -0.05) is 19.1 Å². The van der Waals surface area contributed by atoms with Crippen LogP contribution in [-0.2, 0) is 11.0 Å². The molecule has 0 saturated carbocycles. The van der Waals surface area contributed by atoms with Crippen molar-refractivity contribution in [1.82, 2.24) is 5.32 Å². The molecule has 1 saturated heterocycles. The second-order valence-electron chi connectivity index (χ2n) is 4.43. The van der Waals surface area contributed by atoms with Crippen molar-refractivity contribution >= 4 is 6.47 Å². The molecule has 0 amide bonds. The van der Waals surface area contributed by atoms with Crippen LogP contribution in [0.5, 0.6) is 0 Å². The highest BCUT2D eigenvalue weighted by atomic mass is 19.4. The van der Waals surface area contributed by atoms with Crippen LogP contribution in [0.3, 0.4) is 0 Å². The SMILES string of the molecule is CC(c1ccc(C(F)(F)F)cc1)C1CNC1.O=CO. The molecule has 0 aliphatic carbocycles. The monoisotopic (exact) mass is 275 g/mol. The zero-order valence-electron chi connectivity index (χ0n) is 10.4. The van der Waals surface area contributed by atoms with Gasteiger partial charge < -0.3 is 10.4 Å². The molecule has 0 aromatic heterocycles. The summed E-state index contributed by atoms with van der Waals surface area (Å²) in [4.78, 5) is 8.36. The average Bonchev–Trinajstić information content (AvgIpc) is 2.27. The van der Waals surface area contributed by atoms with Gasteiger partial charge in [-0.3, -0.25) is 4.79 Å². The van der Waals surface area contributed by atoms with Gasteiger partial charge in [0.05, 0.1) is 5.56 Å². The third kappa shape index (κ3) is 4.24. The van der Waals surface area contributed by atoms with Crippen molar-refractivity contribution in [1.29, 1.82) is 0 Å². The number of halogens is 3. The van der Waals surface area contributed by atoms with Crippen LogP contribution in [0.4, 0.5) is 13.2 Å². The van der Waals surface area contributed by atoms with Crippen molar-refractivity contribution in [3.05, 3.63) is 35.4 Å². The van der Waals surface area contributed by atoms with Crippen LogP contribution in [0.15, 0.2) is 24.3 Å². The Morgan fingerprint density at radius 1 is 1.32 bits per heavy atom. The summed E-state index contributed by atoms with van der Waals surface area (Å²) < 4.78 is 37.0. The summed E-state index contributed by atoms with van der Waals surface area (Å²) in [6.45, 7) is 3.73. The maximum atomic E-state index is 12.3. The van der Waals surface area contributed by atoms with Gasteiger partial charge in [-0.25, -0.2) is 0 Å². The molecular formula is C13H16F3NO2. The molecule has 1 aromatic rings. The fourth-order valence-corrected chi connectivity index (χ4v) is 1.91. The van der Waals surface area contributed by atoms with Gasteiger partial charge in [0.2, 0.25) is 0 Å². The summed E-state index contributed by atoms with van der Waals surface area (Å²) in [6, 6.07) is 5.51. The molecule has 6 heteroatoms. The van der Waals surface area contributed by atoms with Gasteiger partial charge in [-0.2, -0.15) is 13.2 Å². The minimum absolute atomic E-state index is 0.250. The fourth-order valence-electron chi connectivity index (χ4n) is 1.91. The van der Waals surface area contributed by atoms with Gasteiger partial charge in [-0.05, 0) is 42.6 Å². The van der Waals surface area contributed by atoms with E-state index in [4.69, 9.17) is 9.90 Å². The smallest absolute Gasteiger partial charge is 0.416 e. The number of alkyl halides is 3. The molecular weight excluding hydrogens is 259 g/mol. The first-order valence-corrected chi connectivity index (χ1v) is 5.86. The van der Waals surface area contributed by atoms with Crippen molar-refractivity contribution in [2.75, 3.05) is 13.1 Å². The third-order valence-corrected chi connectivity index (χ3v) is 3.28. The fraction of sp³-hybridized carbons (Fsp3) is 0.462. The van der Waals surface area contributed by atoms with Crippen LogP contribution in [0.2, 0.25) is 0 Å². The van der Waals surface area contributed by atoms with E-state index in [1.165, 1.54) is 0 Å². The van der Waals surface area contributed by atoms with Gasteiger partial charge in [0.25, 0.3) is 6.47 Å². The van der Waals surface area contributed by atoms with E-state index in [9.17, 15) is 13.2 Å². The van der Waals surface area contributed by atoms with E-state index in [-0.39, 0.29) is 6.47 Å². The quantitative estimate of drug-likeness (QED) is 0.816. The van der Waals surface area contributed by atoms with E-state index in [2.05, 4.69) is 12.2 Å². The van der Waals surface area contributed by atoms with Gasteiger partial charge in [0.15, 0.2) is 0 Å². The standard InChI is InChI=1S/C12H14F3N.CH2O2/c1-8(10-6-16-7-10)9-2-4-11(5-3-9)12(13,14)15;2-1-3/h2-5,8,10,16H,6-7H2,1H3;1H,(H,2,3). The first-order valence-electron chi connectivity index (χ1n) is 5.86. The summed E-state index contributed by atoms with van der Waals surface area (Å²) in [7, 11) is 0. The summed E-state index contributed by atoms with van der Waals surface area (Å²) in [5.41, 5.74) is 0.412. The van der Waals surface area contributed by atoms with Crippen LogP contribution in [0.1, 0.15) is 24.0 Å². The molecule has 0 radical (unpaired) electrons. The maximum Gasteiger partial charge on any atom is 0.416 e. The van der Waals surface area contributed by atoms with Crippen LogP contribution in [0, 0.1) is 5.92 Å². The second kappa shape index (κ2) is 6.56. The Morgan fingerprint density at radius 2 is 1.79 bits per heavy atom. The van der Waals surface area contributed by atoms with Crippen LogP contribution >= 0.6 is 0 Å². The Bertz CT molecular complexity index is 399. The Balaban J connectivity index is 0.000000550. The van der Waals surface area contributed by atoms with Crippen LogP contribution < -0.4 is 5.32 Å². The zero-order chi connectivity index (χ0) is 14.5. The lowest BCUT2D eigenvalue weighted by atomic mass is 9.83. The van der Waals surface area contributed by atoms with Crippen LogP contribution in [0.25, 0.3) is 0 Å². The number of benzene rings is 1. The molecule has 2 N–H and O–H groups in total. The molecule has 0 spiro atoms. The number of rotatable bonds is 2. The van der Waals surface area contributed by atoms with E-state index in [0.29, 0.717) is 11.8 Å². The van der Waals surface area contributed by atoms with E-state index in [1.54, 1.807) is 12.1 Å². The molecule has 0 bridgehead atoms. The van der Waals surface area contributed by atoms with Crippen molar-refractivity contribution in [3.8, 4) is 0 Å². The minimum Gasteiger partial charge on any atom is -0.483 e.